The predicted molar refractivity (Wildman–Crippen MR) is 95.7 cm³/mol. The van der Waals surface area contributed by atoms with E-state index in [1.54, 1.807) is 12.1 Å². The molecular formula is C21H17F2NO. The normalized spacial score (nSPS) is 11.2. The van der Waals surface area contributed by atoms with E-state index in [1.165, 1.54) is 18.3 Å². The second kappa shape index (κ2) is 8.20. The minimum absolute atomic E-state index is 0.0274. The van der Waals surface area contributed by atoms with Gasteiger partial charge >= 0.3 is 0 Å². The number of hydrogen-bond donors (Lipinski definition) is 0. The molecule has 2 nitrogen and oxygen atoms in total. The van der Waals surface area contributed by atoms with Crippen molar-refractivity contribution in [2.75, 3.05) is 0 Å². The van der Waals surface area contributed by atoms with Crippen LogP contribution in [0.2, 0.25) is 0 Å². The standard InChI is InChI=1S/C21H17F2NO/c22-21(23)20-8-4-5-17(13-20)14-24-25-15-16-9-11-19(12-10-16)18-6-2-1-3-7-18/h1-14,21H,15H2. The third-order valence-corrected chi connectivity index (χ3v) is 3.73. The van der Waals surface area contributed by atoms with Crippen LogP contribution < -0.4 is 0 Å². The summed E-state index contributed by atoms with van der Waals surface area (Å²) in [7, 11) is 0. The highest BCUT2D eigenvalue weighted by atomic mass is 19.3. The van der Waals surface area contributed by atoms with Gasteiger partial charge in [0.1, 0.15) is 6.61 Å². The fraction of sp³-hybridized carbons (Fsp3) is 0.0952. The molecule has 0 radical (unpaired) electrons. The first-order chi connectivity index (χ1) is 12.2. The zero-order valence-electron chi connectivity index (χ0n) is 13.5. The molecule has 0 spiro atoms. The van der Waals surface area contributed by atoms with Gasteiger partial charge in [0.2, 0.25) is 0 Å². The Hall–Kier alpha value is -3.01. The van der Waals surface area contributed by atoms with Crippen LogP contribution in [0.25, 0.3) is 11.1 Å². The summed E-state index contributed by atoms with van der Waals surface area (Å²) in [5.74, 6) is 0. The van der Waals surface area contributed by atoms with Gasteiger partial charge in [0.15, 0.2) is 0 Å². The van der Waals surface area contributed by atoms with Crippen LogP contribution in [0.1, 0.15) is 23.1 Å². The molecule has 0 atom stereocenters. The van der Waals surface area contributed by atoms with E-state index in [0.29, 0.717) is 12.2 Å². The highest BCUT2D eigenvalue weighted by Crippen LogP contribution is 2.20. The van der Waals surface area contributed by atoms with Crippen LogP contribution in [0.3, 0.4) is 0 Å². The van der Waals surface area contributed by atoms with Gasteiger partial charge in [0, 0.05) is 5.56 Å². The first kappa shape index (κ1) is 16.8. The van der Waals surface area contributed by atoms with Gasteiger partial charge in [-0.2, -0.15) is 0 Å². The van der Waals surface area contributed by atoms with Crippen LogP contribution in [0, 0.1) is 0 Å². The molecule has 25 heavy (non-hydrogen) atoms. The maximum absolute atomic E-state index is 12.6. The molecule has 0 saturated heterocycles. The predicted octanol–water partition coefficient (Wildman–Crippen LogP) is 5.84. The van der Waals surface area contributed by atoms with E-state index in [9.17, 15) is 8.78 Å². The van der Waals surface area contributed by atoms with Gasteiger partial charge < -0.3 is 4.84 Å². The van der Waals surface area contributed by atoms with Crippen LogP contribution in [0.15, 0.2) is 84.0 Å². The molecule has 126 valence electrons. The molecule has 0 amide bonds. The van der Waals surface area contributed by atoms with Crippen molar-refractivity contribution in [2.24, 2.45) is 5.16 Å². The van der Waals surface area contributed by atoms with Crippen molar-refractivity contribution in [1.82, 2.24) is 0 Å². The molecule has 3 rings (SSSR count). The maximum Gasteiger partial charge on any atom is 0.263 e. The molecule has 4 heteroatoms. The van der Waals surface area contributed by atoms with Crippen LogP contribution in [0.4, 0.5) is 8.78 Å². The molecule has 0 aliphatic heterocycles. The minimum Gasteiger partial charge on any atom is -0.391 e. The van der Waals surface area contributed by atoms with Gasteiger partial charge in [-0.25, -0.2) is 8.78 Å². The summed E-state index contributed by atoms with van der Waals surface area (Å²) in [6, 6.07) is 24.2. The van der Waals surface area contributed by atoms with Crippen molar-refractivity contribution in [2.45, 2.75) is 13.0 Å². The minimum atomic E-state index is -2.49. The van der Waals surface area contributed by atoms with Crippen molar-refractivity contribution in [3.05, 3.63) is 95.6 Å². The lowest BCUT2D eigenvalue weighted by atomic mass is 10.0. The summed E-state index contributed by atoms with van der Waals surface area (Å²) >= 11 is 0. The second-order valence-electron chi connectivity index (χ2n) is 5.54. The van der Waals surface area contributed by atoms with Crippen LogP contribution >= 0.6 is 0 Å². The zero-order valence-corrected chi connectivity index (χ0v) is 13.5. The molecule has 0 bridgehead atoms. The van der Waals surface area contributed by atoms with Gasteiger partial charge in [0.05, 0.1) is 6.21 Å². The van der Waals surface area contributed by atoms with Crippen molar-refractivity contribution < 1.29 is 13.6 Å². The Bertz CT molecular complexity index is 830. The largest absolute Gasteiger partial charge is 0.391 e. The molecule has 0 aliphatic rings. The number of hydrogen-bond acceptors (Lipinski definition) is 2. The van der Waals surface area contributed by atoms with E-state index in [-0.39, 0.29) is 5.56 Å². The van der Waals surface area contributed by atoms with Crippen molar-refractivity contribution in [1.29, 1.82) is 0 Å². The highest BCUT2D eigenvalue weighted by Gasteiger charge is 2.06. The quantitative estimate of drug-likeness (QED) is 0.409. The molecule has 0 unspecified atom stereocenters. The molecule has 0 aromatic heterocycles. The van der Waals surface area contributed by atoms with Gasteiger partial charge in [-0.1, -0.05) is 78.0 Å². The van der Waals surface area contributed by atoms with Gasteiger partial charge in [0.25, 0.3) is 6.43 Å². The molecular weight excluding hydrogens is 320 g/mol. The number of rotatable bonds is 6. The molecule has 3 aromatic rings. The van der Waals surface area contributed by atoms with Gasteiger partial charge in [-0.3, -0.25) is 0 Å². The summed E-state index contributed by atoms with van der Waals surface area (Å²) < 4.78 is 25.3. The lowest BCUT2D eigenvalue weighted by molar-refractivity contribution is 0.132. The highest BCUT2D eigenvalue weighted by molar-refractivity contribution is 5.79. The maximum atomic E-state index is 12.6. The first-order valence-corrected chi connectivity index (χ1v) is 7.90. The molecule has 0 fully saturated rings. The van der Waals surface area contributed by atoms with Gasteiger partial charge in [-0.15, -0.1) is 0 Å². The zero-order chi connectivity index (χ0) is 17.5. The van der Waals surface area contributed by atoms with E-state index < -0.39 is 6.43 Å². The third-order valence-electron chi connectivity index (χ3n) is 3.73. The van der Waals surface area contributed by atoms with Crippen LogP contribution in [-0.2, 0) is 11.4 Å². The van der Waals surface area contributed by atoms with Gasteiger partial charge in [-0.05, 0) is 28.3 Å². The smallest absolute Gasteiger partial charge is 0.263 e. The number of alkyl halides is 2. The SMILES string of the molecule is FC(F)c1cccc(C=NOCc2ccc(-c3ccccc3)cc2)c1. The number of benzene rings is 3. The average Bonchev–Trinajstić information content (AvgIpc) is 2.67. The Kier molecular flexibility index (Phi) is 5.52. The monoisotopic (exact) mass is 337 g/mol. The molecule has 0 aliphatic carbocycles. The number of nitrogens with zero attached hydrogens (tertiary/aromatic N) is 1. The molecule has 0 N–H and O–H groups in total. The Morgan fingerprint density at radius 3 is 2.28 bits per heavy atom. The van der Waals surface area contributed by atoms with Crippen molar-refractivity contribution in [3.8, 4) is 11.1 Å². The molecule has 0 heterocycles. The third kappa shape index (κ3) is 4.73. The van der Waals surface area contributed by atoms with E-state index >= 15 is 0 Å². The Morgan fingerprint density at radius 1 is 0.840 bits per heavy atom. The van der Waals surface area contributed by atoms with E-state index in [0.717, 1.165) is 16.7 Å². The first-order valence-electron chi connectivity index (χ1n) is 7.90. The summed E-state index contributed by atoms with van der Waals surface area (Å²) in [6.07, 6.45) is -1.05. The lowest BCUT2D eigenvalue weighted by Crippen LogP contribution is -1.90. The van der Waals surface area contributed by atoms with E-state index in [4.69, 9.17) is 4.84 Å². The number of oxime groups is 1. The topological polar surface area (TPSA) is 21.6 Å². The summed E-state index contributed by atoms with van der Waals surface area (Å²) in [6.45, 7) is 0.320. The number of halogens is 2. The molecule has 0 saturated carbocycles. The molecule has 3 aromatic carbocycles. The second-order valence-corrected chi connectivity index (χ2v) is 5.54. The average molecular weight is 337 g/mol. The van der Waals surface area contributed by atoms with Crippen molar-refractivity contribution >= 4 is 6.21 Å². The summed E-state index contributed by atoms with van der Waals surface area (Å²) in [4.78, 5) is 5.25. The Labute approximate surface area is 145 Å². The summed E-state index contributed by atoms with van der Waals surface area (Å²) in [5.41, 5.74) is 3.83. The lowest BCUT2D eigenvalue weighted by Gasteiger charge is -2.04. The Balaban J connectivity index is 1.56. The fourth-order valence-corrected chi connectivity index (χ4v) is 2.41. The van der Waals surface area contributed by atoms with Crippen LogP contribution in [0.5, 0.6) is 0 Å². The van der Waals surface area contributed by atoms with E-state index in [2.05, 4.69) is 17.3 Å². The fourth-order valence-electron chi connectivity index (χ4n) is 2.41. The summed E-state index contributed by atoms with van der Waals surface area (Å²) in [5, 5.41) is 3.85. The van der Waals surface area contributed by atoms with Crippen molar-refractivity contribution in [3.63, 3.8) is 0 Å². The van der Waals surface area contributed by atoms with E-state index in [1.807, 2.05) is 42.5 Å². The van der Waals surface area contributed by atoms with Crippen LogP contribution in [-0.4, -0.2) is 6.21 Å². The Morgan fingerprint density at radius 2 is 1.56 bits per heavy atom.